The molecule has 0 fully saturated rings. The van der Waals surface area contributed by atoms with Gasteiger partial charge in [-0.15, -0.1) is 0 Å². The number of halogens is 1. The Morgan fingerprint density at radius 2 is 2.24 bits per heavy atom. The molecular weight excluding hydrogens is 442 g/mol. The molecular formula is C24H32ClN5O3. The van der Waals surface area contributed by atoms with Crippen molar-refractivity contribution in [2.45, 2.75) is 45.2 Å². The predicted molar refractivity (Wildman–Crippen MR) is 128 cm³/mol. The highest BCUT2D eigenvalue weighted by molar-refractivity contribution is 6.31. The average Bonchev–Trinajstić information content (AvgIpc) is 2.99. The fourth-order valence-corrected chi connectivity index (χ4v) is 4.08. The van der Waals surface area contributed by atoms with E-state index in [0.29, 0.717) is 49.8 Å². The molecule has 8 nitrogen and oxygen atoms in total. The summed E-state index contributed by atoms with van der Waals surface area (Å²) in [5, 5.41) is 11.6. The number of carbonyl (C=O) groups is 1. The first kappa shape index (κ1) is 24.8. The van der Waals surface area contributed by atoms with E-state index >= 15 is 0 Å². The highest BCUT2D eigenvalue weighted by atomic mass is 35.5. The Kier molecular flexibility index (Phi) is 8.94. The van der Waals surface area contributed by atoms with Crippen LogP contribution in [0.4, 0.5) is 0 Å². The van der Waals surface area contributed by atoms with E-state index in [0.717, 1.165) is 29.1 Å². The molecule has 178 valence electrons. The Morgan fingerprint density at radius 3 is 3.00 bits per heavy atom. The van der Waals surface area contributed by atoms with E-state index in [1.54, 1.807) is 12.4 Å². The largest absolute Gasteiger partial charge is 0.490 e. The highest BCUT2D eigenvalue weighted by Gasteiger charge is 2.20. The number of nitrogens with zero attached hydrogens (tertiary/aromatic N) is 3. The maximum absolute atomic E-state index is 11.5. The number of carboxylic acid groups (broad SMARTS) is 1. The van der Waals surface area contributed by atoms with Crippen LogP contribution in [0.25, 0.3) is 0 Å². The first-order valence-electron chi connectivity index (χ1n) is 11.1. The molecule has 1 aromatic carbocycles. The molecule has 3 rings (SSSR count). The van der Waals surface area contributed by atoms with Crippen LogP contribution in [0.3, 0.4) is 0 Å². The van der Waals surface area contributed by atoms with Crippen molar-refractivity contribution in [3.63, 3.8) is 0 Å². The minimum Gasteiger partial charge on any atom is -0.490 e. The van der Waals surface area contributed by atoms with Crippen molar-refractivity contribution in [2.24, 2.45) is 11.6 Å². The number of pyridine rings is 1. The number of benzene rings is 1. The van der Waals surface area contributed by atoms with Crippen LogP contribution in [0.2, 0.25) is 5.02 Å². The van der Waals surface area contributed by atoms with Gasteiger partial charge in [0.15, 0.2) is 0 Å². The van der Waals surface area contributed by atoms with Gasteiger partial charge in [-0.25, -0.2) is 5.84 Å². The van der Waals surface area contributed by atoms with Crippen molar-refractivity contribution in [2.75, 3.05) is 19.7 Å². The second-order valence-corrected chi connectivity index (χ2v) is 8.63. The van der Waals surface area contributed by atoms with Gasteiger partial charge in [0.05, 0.1) is 12.1 Å². The number of nitrogens with two attached hydrogens (primary N) is 2. The molecule has 0 saturated carbocycles. The summed E-state index contributed by atoms with van der Waals surface area (Å²) in [6.07, 6.45) is 4.62. The van der Waals surface area contributed by atoms with Gasteiger partial charge in [0.2, 0.25) is 0 Å². The molecule has 0 spiro atoms. The predicted octanol–water partition coefficient (Wildman–Crippen LogP) is 3.46. The molecule has 5 N–H and O–H groups in total. The van der Waals surface area contributed by atoms with Gasteiger partial charge in [0, 0.05) is 49.3 Å². The maximum Gasteiger partial charge on any atom is 0.303 e. The van der Waals surface area contributed by atoms with E-state index in [1.165, 1.54) is 5.01 Å². The monoisotopic (exact) mass is 473 g/mol. The second kappa shape index (κ2) is 11.9. The van der Waals surface area contributed by atoms with Crippen LogP contribution >= 0.6 is 11.6 Å². The van der Waals surface area contributed by atoms with E-state index in [9.17, 15) is 9.90 Å². The van der Waals surface area contributed by atoms with Crippen molar-refractivity contribution < 1.29 is 14.6 Å². The van der Waals surface area contributed by atoms with Gasteiger partial charge >= 0.3 is 5.97 Å². The summed E-state index contributed by atoms with van der Waals surface area (Å²) in [4.78, 5) is 18.2. The highest BCUT2D eigenvalue weighted by Crippen LogP contribution is 2.31. The van der Waals surface area contributed by atoms with E-state index in [1.807, 2.05) is 37.3 Å². The lowest BCUT2D eigenvalue weighted by atomic mass is 9.89. The zero-order valence-corrected chi connectivity index (χ0v) is 19.7. The van der Waals surface area contributed by atoms with E-state index in [4.69, 9.17) is 27.9 Å². The number of allylic oxidation sites excluding steroid dienone is 1. The zero-order valence-electron chi connectivity index (χ0n) is 18.9. The molecule has 1 unspecified atom stereocenters. The number of hydrazine groups is 1. The summed E-state index contributed by atoms with van der Waals surface area (Å²) >= 11 is 6.53. The summed E-state index contributed by atoms with van der Waals surface area (Å²) in [7, 11) is 0. The quantitative estimate of drug-likeness (QED) is 0.354. The SMILES string of the molecule is CCN(N)/C=C(\N)CCC(CC(=O)O)c1ccc(Cl)c(CN2CCOc3cccnc3C2)c1. The molecule has 2 aromatic rings. The van der Waals surface area contributed by atoms with Crippen LogP contribution in [-0.4, -0.2) is 45.7 Å². The molecule has 1 aliphatic heterocycles. The Morgan fingerprint density at radius 1 is 1.42 bits per heavy atom. The summed E-state index contributed by atoms with van der Waals surface area (Å²) in [5.41, 5.74) is 9.50. The number of ether oxygens (including phenoxy) is 1. The third-order valence-corrected chi connectivity index (χ3v) is 6.09. The molecule has 0 aliphatic carbocycles. The van der Waals surface area contributed by atoms with Gasteiger partial charge in [-0.05, 0) is 55.0 Å². The van der Waals surface area contributed by atoms with Gasteiger partial charge in [-0.2, -0.15) is 0 Å². The lowest BCUT2D eigenvalue weighted by molar-refractivity contribution is -0.137. The minimum atomic E-state index is -0.847. The molecule has 0 bridgehead atoms. The van der Waals surface area contributed by atoms with Crippen LogP contribution in [-0.2, 0) is 17.9 Å². The molecule has 2 heterocycles. The summed E-state index contributed by atoms with van der Waals surface area (Å²) in [6.45, 7) is 5.15. The smallest absolute Gasteiger partial charge is 0.303 e. The third-order valence-electron chi connectivity index (χ3n) is 5.72. The van der Waals surface area contributed by atoms with Crippen molar-refractivity contribution in [3.05, 3.63) is 70.3 Å². The minimum absolute atomic E-state index is 0.0172. The molecule has 0 amide bonds. The maximum atomic E-state index is 11.5. The van der Waals surface area contributed by atoms with Gasteiger partial charge in [0.25, 0.3) is 0 Å². The van der Waals surface area contributed by atoms with Crippen molar-refractivity contribution in [3.8, 4) is 5.75 Å². The number of carboxylic acids is 1. The number of rotatable bonds is 10. The number of hydrogen-bond acceptors (Lipinski definition) is 7. The number of aromatic nitrogens is 1. The lowest BCUT2D eigenvalue weighted by Crippen LogP contribution is -2.26. The fraction of sp³-hybridized carbons (Fsp3) is 0.417. The molecule has 1 aromatic heterocycles. The zero-order chi connectivity index (χ0) is 23.8. The van der Waals surface area contributed by atoms with Crippen LogP contribution in [0.1, 0.15) is 48.9 Å². The normalized spacial score (nSPS) is 15.3. The van der Waals surface area contributed by atoms with Gasteiger partial charge in [-0.3, -0.25) is 14.7 Å². The topological polar surface area (TPSA) is 118 Å². The van der Waals surface area contributed by atoms with Gasteiger partial charge in [-0.1, -0.05) is 23.7 Å². The standard InChI is InChI=1S/C24H32ClN5O3/c1-2-30(27)15-20(26)7-5-18(13-24(31)32)17-6-8-21(25)19(12-17)14-29-10-11-33-23-4-3-9-28-22(23)16-29/h3-4,6,8-9,12,15,18H,2,5,7,10-11,13-14,16,26-27H2,1H3,(H,31,32)/b20-15-. The molecule has 0 radical (unpaired) electrons. The molecule has 1 atom stereocenters. The van der Waals surface area contributed by atoms with Crippen molar-refractivity contribution in [1.29, 1.82) is 0 Å². The molecule has 33 heavy (non-hydrogen) atoms. The van der Waals surface area contributed by atoms with Crippen LogP contribution in [0, 0.1) is 0 Å². The fourth-order valence-electron chi connectivity index (χ4n) is 3.90. The Bertz CT molecular complexity index is 984. The summed E-state index contributed by atoms with van der Waals surface area (Å²) < 4.78 is 5.81. The lowest BCUT2D eigenvalue weighted by Gasteiger charge is -2.22. The molecule has 0 saturated heterocycles. The average molecular weight is 474 g/mol. The number of hydrogen-bond donors (Lipinski definition) is 3. The molecule has 9 heteroatoms. The summed E-state index contributed by atoms with van der Waals surface area (Å²) in [5.74, 6) is 5.57. The Balaban J connectivity index is 1.75. The van der Waals surface area contributed by atoms with Crippen LogP contribution < -0.4 is 16.3 Å². The number of fused-ring (bicyclic) bond motifs is 1. The van der Waals surface area contributed by atoms with E-state index in [2.05, 4.69) is 9.88 Å². The van der Waals surface area contributed by atoms with Crippen LogP contribution in [0.5, 0.6) is 5.75 Å². The first-order chi connectivity index (χ1) is 15.9. The number of aliphatic carboxylic acids is 1. The Hall–Kier alpha value is -2.81. The first-order valence-corrected chi connectivity index (χ1v) is 11.5. The second-order valence-electron chi connectivity index (χ2n) is 8.23. The Labute approximate surface area is 199 Å². The van der Waals surface area contributed by atoms with Gasteiger partial charge < -0.3 is 20.6 Å². The third kappa shape index (κ3) is 7.35. The van der Waals surface area contributed by atoms with E-state index < -0.39 is 5.97 Å². The van der Waals surface area contributed by atoms with Crippen molar-refractivity contribution >= 4 is 17.6 Å². The van der Waals surface area contributed by atoms with Crippen LogP contribution in [0.15, 0.2) is 48.4 Å². The summed E-state index contributed by atoms with van der Waals surface area (Å²) in [6, 6.07) is 9.57. The van der Waals surface area contributed by atoms with E-state index in [-0.39, 0.29) is 12.3 Å². The molecule has 1 aliphatic rings. The van der Waals surface area contributed by atoms with Crippen molar-refractivity contribution in [1.82, 2.24) is 14.9 Å². The van der Waals surface area contributed by atoms with Gasteiger partial charge in [0.1, 0.15) is 12.4 Å².